The van der Waals surface area contributed by atoms with Gasteiger partial charge in [0.05, 0.1) is 16.9 Å². The monoisotopic (exact) mass is 412 g/mol. The van der Waals surface area contributed by atoms with Crippen LogP contribution in [0.1, 0.15) is 11.4 Å². The van der Waals surface area contributed by atoms with Crippen LogP contribution in [-0.2, 0) is 5.88 Å². The SMILES string of the molecule is Cc1ccc(-n2c(CCl)nc3ccc(Br)cc32)cc1Br. The molecule has 0 bridgehead atoms. The minimum absolute atomic E-state index is 0.373. The molecule has 2 aromatic carbocycles. The molecule has 0 fully saturated rings. The first-order chi connectivity index (χ1) is 9.60. The first kappa shape index (κ1) is 14.1. The third kappa shape index (κ3) is 2.41. The highest BCUT2D eigenvalue weighted by Crippen LogP contribution is 2.28. The summed E-state index contributed by atoms with van der Waals surface area (Å²) in [5.74, 6) is 1.22. The average molecular weight is 415 g/mol. The summed E-state index contributed by atoms with van der Waals surface area (Å²) in [5.41, 5.74) is 4.25. The van der Waals surface area contributed by atoms with Gasteiger partial charge in [-0.2, -0.15) is 0 Å². The van der Waals surface area contributed by atoms with Crippen LogP contribution in [0, 0.1) is 6.92 Å². The summed E-state index contributed by atoms with van der Waals surface area (Å²) in [6.07, 6.45) is 0. The predicted octanol–water partition coefficient (Wildman–Crippen LogP) is 5.60. The smallest absolute Gasteiger partial charge is 0.129 e. The van der Waals surface area contributed by atoms with Crippen LogP contribution in [0.3, 0.4) is 0 Å². The van der Waals surface area contributed by atoms with E-state index in [-0.39, 0.29) is 0 Å². The second-order valence-electron chi connectivity index (χ2n) is 4.56. The highest BCUT2D eigenvalue weighted by Gasteiger charge is 2.12. The molecule has 0 saturated carbocycles. The van der Waals surface area contributed by atoms with Crippen molar-refractivity contribution >= 4 is 54.5 Å². The van der Waals surface area contributed by atoms with Gasteiger partial charge in [-0.25, -0.2) is 4.98 Å². The zero-order valence-electron chi connectivity index (χ0n) is 10.7. The maximum atomic E-state index is 6.06. The summed E-state index contributed by atoms with van der Waals surface area (Å²) in [7, 11) is 0. The maximum Gasteiger partial charge on any atom is 0.129 e. The Labute approximate surface area is 139 Å². The van der Waals surface area contributed by atoms with Gasteiger partial charge in [-0.15, -0.1) is 11.6 Å². The zero-order chi connectivity index (χ0) is 14.3. The molecule has 0 N–H and O–H groups in total. The fraction of sp³-hybridized carbons (Fsp3) is 0.133. The molecule has 20 heavy (non-hydrogen) atoms. The molecule has 0 aliphatic rings. The molecule has 102 valence electrons. The van der Waals surface area contributed by atoms with Gasteiger partial charge in [0, 0.05) is 14.6 Å². The van der Waals surface area contributed by atoms with E-state index in [1.54, 1.807) is 0 Å². The van der Waals surface area contributed by atoms with E-state index in [0.29, 0.717) is 5.88 Å². The number of alkyl halides is 1. The van der Waals surface area contributed by atoms with Crippen LogP contribution in [0.25, 0.3) is 16.7 Å². The molecule has 1 aromatic heterocycles. The van der Waals surface area contributed by atoms with Crippen molar-refractivity contribution in [1.82, 2.24) is 9.55 Å². The molecule has 0 unspecified atom stereocenters. The van der Waals surface area contributed by atoms with Crippen molar-refractivity contribution in [2.24, 2.45) is 0 Å². The standard InChI is InChI=1S/C15H11Br2ClN2/c1-9-2-4-11(7-12(9)17)20-14-6-10(16)3-5-13(14)19-15(20)8-18/h2-7H,8H2,1H3. The van der Waals surface area contributed by atoms with Crippen molar-refractivity contribution in [3.05, 3.63) is 56.7 Å². The van der Waals surface area contributed by atoms with E-state index in [4.69, 9.17) is 11.6 Å². The van der Waals surface area contributed by atoms with Gasteiger partial charge in [0.15, 0.2) is 0 Å². The summed E-state index contributed by atoms with van der Waals surface area (Å²) in [6.45, 7) is 2.07. The van der Waals surface area contributed by atoms with Crippen LogP contribution in [0.15, 0.2) is 45.3 Å². The molecule has 0 atom stereocenters. The van der Waals surface area contributed by atoms with Gasteiger partial charge in [0.25, 0.3) is 0 Å². The molecule has 0 aliphatic heterocycles. The highest BCUT2D eigenvalue weighted by molar-refractivity contribution is 9.10. The molecular formula is C15H11Br2ClN2. The van der Waals surface area contributed by atoms with Gasteiger partial charge in [-0.1, -0.05) is 37.9 Å². The summed E-state index contributed by atoms with van der Waals surface area (Å²) < 4.78 is 4.20. The highest BCUT2D eigenvalue weighted by atomic mass is 79.9. The van der Waals surface area contributed by atoms with E-state index in [1.165, 1.54) is 5.56 Å². The number of imidazole rings is 1. The van der Waals surface area contributed by atoms with E-state index < -0.39 is 0 Å². The minimum atomic E-state index is 0.373. The minimum Gasteiger partial charge on any atom is -0.295 e. The average Bonchev–Trinajstić information content (AvgIpc) is 2.79. The van der Waals surface area contributed by atoms with Crippen LogP contribution in [0.2, 0.25) is 0 Å². The first-order valence-corrected chi connectivity index (χ1v) is 8.21. The second kappa shape index (κ2) is 5.51. The van der Waals surface area contributed by atoms with Gasteiger partial charge < -0.3 is 0 Å². The van der Waals surface area contributed by atoms with Gasteiger partial charge in [0.2, 0.25) is 0 Å². The second-order valence-corrected chi connectivity index (χ2v) is 6.60. The van der Waals surface area contributed by atoms with Gasteiger partial charge in [-0.3, -0.25) is 4.57 Å². The fourth-order valence-electron chi connectivity index (χ4n) is 2.20. The Morgan fingerprint density at radius 3 is 2.65 bits per heavy atom. The number of benzene rings is 2. The Morgan fingerprint density at radius 2 is 1.95 bits per heavy atom. The van der Waals surface area contributed by atoms with Crippen LogP contribution < -0.4 is 0 Å². The van der Waals surface area contributed by atoms with Crippen molar-refractivity contribution in [3.63, 3.8) is 0 Å². The lowest BCUT2D eigenvalue weighted by molar-refractivity contribution is 0.979. The summed E-state index contributed by atoms with van der Waals surface area (Å²) in [6, 6.07) is 12.3. The number of hydrogen-bond donors (Lipinski definition) is 0. The van der Waals surface area contributed by atoms with Crippen LogP contribution in [0.4, 0.5) is 0 Å². The molecule has 1 heterocycles. The number of aryl methyl sites for hydroxylation is 1. The number of halogens is 3. The van der Waals surface area contributed by atoms with Crippen molar-refractivity contribution < 1.29 is 0 Å². The summed E-state index contributed by atoms with van der Waals surface area (Å²) in [4.78, 5) is 4.60. The normalized spacial score (nSPS) is 11.2. The van der Waals surface area contributed by atoms with Gasteiger partial charge >= 0.3 is 0 Å². The topological polar surface area (TPSA) is 17.8 Å². The number of aromatic nitrogens is 2. The Hall–Kier alpha value is -0.840. The lowest BCUT2D eigenvalue weighted by atomic mass is 10.2. The summed E-state index contributed by atoms with van der Waals surface area (Å²) in [5, 5.41) is 0. The Bertz CT molecular complexity index is 796. The van der Waals surface area contributed by atoms with E-state index >= 15 is 0 Å². The lowest BCUT2D eigenvalue weighted by Crippen LogP contribution is -1.99. The molecule has 0 amide bonds. The van der Waals surface area contributed by atoms with Crippen molar-refractivity contribution in [1.29, 1.82) is 0 Å². The molecular weight excluding hydrogens is 403 g/mol. The Balaban J connectivity index is 2.32. The third-order valence-electron chi connectivity index (χ3n) is 3.22. The van der Waals surface area contributed by atoms with Crippen molar-refractivity contribution in [2.75, 3.05) is 0 Å². The van der Waals surface area contributed by atoms with Gasteiger partial charge in [-0.05, 0) is 42.8 Å². The largest absolute Gasteiger partial charge is 0.295 e. The lowest BCUT2D eigenvalue weighted by Gasteiger charge is -2.09. The molecule has 0 radical (unpaired) electrons. The van der Waals surface area contributed by atoms with Crippen LogP contribution in [0.5, 0.6) is 0 Å². The Morgan fingerprint density at radius 1 is 1.15 bits per heavy atom. The Kier molecular flexibility index (Phi) is 3.89. The van der Waals surface area contributed by atoms with Crippen LogP contribution in [-0.4, -0.2) is 9.55 Å². The number of fused-ring (bicyclic) bond motifs is 1. The molecule has 0 saturated heterocycles. The first-order valence-electron chi connectivity index (χ1n) is 6.09. The molecule has 2 nitrogen and oxygen atoms in total. The third-order valence-corrected chi connectivity index (χ3v) is 4.81. The van der Waals surface area contributed by atoms with Crippen molar-refractivity contribution in [2.45, 2.75) is 12.8 Å². The molecule has 0 spiro atoms. The van der Waals surface area contributed by atoms with E-state index in [1.807, 2.05) is 12.1 Å². The van der Waals surface area contributed by atoms with Gasteiger partial charge in [0.1, 0.15) is 5.82 Å². The molecule has 3 aromatic rings. The maximum absolute atomic E-state index is 6.06. The van der Waals surface area contributed by atoms with E-state index in [0.717, 1.165) is 31.5 Å². The fourth-order valence-corrected chi connectivity index (χ4v) is 3.09. The number of rotatable bonds is 2. The number of hydrogen-bond acceptors (Lipinski definition) is 1. The quantitative estimate of drug-likeness (QED) is 0.499. The molecule has 0 aliphatic carbocycles. The number of nitrogens with zero attached hydrogens (tertiary/aromatic N) is 2. The van der Waals surface area contributed by atoms with E-state index in [2.05, 4.69) is 72.6 Å². The predicted molar refractivity (Wildman–Crippen MR) is 90.8 cm³/mol. The zero-order valence-corrected chi connectivity index (χ0v) is 14.6. The summed E-state index contributed by atoms with van der Waals surface area (Å²) >= 11 is 13.2. The molecule has 5 heteroatoms. The van der Waals surface area contributed by atoms with Crippen LogP contribution >= 0.6 is 43.5 Å². The molecule has 3 rings (SSSR count). The van der Waals surface area contributed by atoms with E-state index in [9.17, 15) is 0 Å². The van der Waals surface area contributed by atoms with Crippen molar-refractivity contribution in [3.8, 4) is 5.69 Å².